The third-order valence-corrected chi connectivity index (χ3v) is 2.26. The van der Waals surface area contributed by atoms with E-state index in [9.17, 15) is 9.59 Å². The molecule has 0 aromatic rings. The first-order valence-corrected chi connectivity index (χ1v) is 4.87. The molecule has 1 aliphatic heterocycles. The number of hydrogen-bond acceptors (Lipinski definition) is 4. The average molecular weight is 216 g/mol. The van der Waals surface area contributed by atoms with Gasteiger partial charge >= 0.3 is 5.97 Å². The molecular formula is C9H16N2O4. The zero-order valence-electron chi connectivity index (χ0n) is 8.73. The Morgan fingerprint density at radius 1 is 1.73 bits per heavy atom. The third-order valence-electron chi connectivity index (χ3n) is 2.26. The first-order valence-electron chi connectivity index (χ1n) is 4.87. The zero-order valence-corrected chi connectivity index (χ0v) is 8.73. The molecule has 0 spiro atoms. The quantitative estimate of drug-likeness (QED) is 0.571. The number of methoxy groups -OCH3 is 1. The van der Waals surface area contributed by atoms with Crippen molar-refractivity contribution in [1.82, 2.24) is 10.2 Å². The smallest absolute Gasteiger partial charge is 0.327 e. The Balaban J connectivity index is 2.38. The minimum atomic E-state index is -0.986. The van der Waals surface area contributed by atoms with Crippen molar-refractivity contribution in [2.24, 2.45) is 0 Å². The lowest BCUT2D eigenvalue weighted by Crippen LogP contribution is -2.57. The van der Waals surface area contributed by atoms with E-state index >= 15 is 0 Å². The van der Waals surface area contributed by atoms with Gasteiger partial charge in [0.1, 0.15) is 6.04 Å². The van der Waals surface area contributed by atoms with Crippen molar-refractivity contribution in [1.29, 1.82) is 0 Å². The van der Waals surface area contributed by atoms with Crippen molar-refractivity contribution in [2.45, 2.75) is 12.5 Å². The molecule has 1 unspecified atom stereocenters. The fourth-order valence-electron chi connectivity index (χ4n) is 1.55. The highest BCUT2D eigenvalue weighted by Crippen LogP contribution is 2.01. The molecule has 0 saturated carbocycles. The van der Waals surface area contributed by atoms with Gasteiger partial charge in [-0.05, 0) is 6.42 Å². The van der Waals surface area contributed by atoms with Crippen LogP contribution < -0.4 is 5.32 Å². The van der Waals surface area contributed by atoms with E-state index in [0.29, 0.717) is 19.7 Å². The number of carbonyl (C=O) groups is 2. The van der Waals surface area contributed by atoms with Crippen LogP contribution in [-0.2, 0) is 14.3 Å². The maximum atomic E-state index is 11.2. The Morgan fingerprint density at radius 3 is 3.07 bits per heavy atom. The van der Waals surface area contributed by atoms with E-state index in [4.69, 9.17) is 9.84 Å². The van der Waals surface area contributed by atoms with Gasteiger partial charge < -0.3 is 15.2 Å². The van der Waals surface area contributed by atoms with Gasteiger partial charge in [0.25, 0.3) is 0 Å². The fraction of sp³-hybridized carbons (Fsp3) is 0.778. The molecule has 1 rings (SSSR count). The number of carboxylic acid groups (broad SMARTS) is 1. The standard InChI is InChI=1S/C9H16N2O4/c1-15-4-2-3-11-5-7(9(13)14)10-8(12)6-11/h7H,2-6H2,1H3,(H,10,12)(H,13,14). The average Bonchev–Trinajstić information content (AvgIpc) is 2.17. The number of carboxylic acids is 1. The summed E-state index contributed by atoms with van der Waals surface area (Å²) in [4.78, 5) is 23.7. The molecule has 15 heavy (non-hydrogen) atoms. The number of piperazine rings is 1. The second-order valence-electron chi connectivity index (χ2n) is 3.54. The molecule has 0 radical (unpaired) electrons. The number of ether oxygens (including phenoxy) is 1. The van der Waals surface area contributed by atoms with Gasteiger partial charge in [0, 0.05) is 26.8 Å². The monoisotopic (exact) mass is 216 g/mol. The van der Waals surface area contributed by atoms with E-state index in [1.54, 1.807) is 7.11 Å². The number of carbonyl (C=O) groups excluding carboxylic acids is 1. The Labute approximate surface area is 88.2 Å². The van der Waals surface area contributed by atoms with Crippen molar-refractivity contribution in [3.8, 4) is 0 Å². The molecule has 1 atom stereocenters. The Bertz CT molecular complexity index is 244. The van der Waals surface area contributed by atoms with Crippen molar-refractivity contribution >= 4 is 11.9 Å². The molecule has 6 nitrogen and oxygen atoms in total. The highest BCUT2D eigenvalue weighted by atomic mass is 16.5. The van der Waals surface area contributed by atoms with Crippen molar-refractivity contribution in [2.75, 3.05) is 33.4 Å². The summed E-state index contributed by atoms with van der Waals surface area (Å²) in [5.41, 5.74) is 0. The second kappa shape index (κ2) is 5.67. The highest BCUT2D eigenvalue weighted by molar-refractivity contribution is 5.86. The normalized spacial score (nSPS) is 22.5. The summed E-state index contributed by atoms with van der Waals surface area (Å²) in [6.45, 7) is 1.94. The Kier molecular flexibility index (Phi) is 4.51. The number of nitrogens with one attached hydrogen (secondary N) is 1. The van der Waals surface area contributed by atoms with E-state index in [2.05, 4.69) is 5.32 Å². The summed E-state index contributed by atoms with van der Waals surface area (Å²) in [5.74, 6) is -1.22. The molecule has 1 saturated heterocycles. The predicted octanol–water partition coefficient (Wildman–Crippen LogP) is -1.09. The molecule has 6 heteroatoms. The number of hydrogen-bond donors (Lipinski definition) is 2. The lowest BCUT2D eigenvalue weighted by molar-refractivity contribution is -0.144. The number of aliphatic carboxylic acids is 1. The number of nitrogens with zero attached hydrogens (tertiary/aromatic N) is 1. The number of amides is 1. The molecule has 1 aliphatic rings. The lowest BCUT2D eigenvalue weighted by atomic mass is 10.2. The van der Waals surface area contributed by atoms with Gasteiger partial charge in [-0.1, -0.05) is 0 Å². The highest BCUT2D eigenvalue weighted by Gasteiger charge is 2.28. The molecule has 0 aromatic heterocycles. The summed E-state index contributed by atoms with van der Waals surface area (Å²) in [6.07, 6.45) is 0.802. The zero-order chi connectivity index (χ0) is 11.3. The maximum Gasteiger partial charge on any atom is 0.327 e. The van der Waals surface area contributed by atoms with Crippen molar-refractivity contribution in [3.63, 3.8) is 0 Å². The molecule has 86 valence electrons. The summed E-state index contributed by atoms with van der Waals surface area (Å²) < 4.78 is 4.89. The van der Waals surface area contributed by atoms with Crippen LogP contribution in [0.25, 0.3) is 0 Å². The van der Waals surface area contributed by atoms with Gasteiger partial charge in [-0.3, -0.25) is 9.69 Å². The van der Waals surface area contributed by atoms with Crippen LogP contribution in [-0.4, -0.2) is 61.3 Å². The van der Waals surface area contributed by atoms with Crippen LogP contribution >= 0.6 is 0 Å². The summed E-state index contributed by atoms with van der Waals surface area (Å²) in [5, 5.41) is 11.2. The molecule has 0 aromatic carbocycles. The molecular weight excluding hydrogens is 200 g/mol. The Morgan fingerprint density at radius 2 is 2.47 bits per heavy atom. The van der Waals surface area contributed by atoms with Crippen molar-refractivity contribution in [3.05, 3.63) is 0 Å². The second-order valence-corrected chi connectivity index (χ2v) is 3.54. The maximum absolute atomic E-state index is 11.2. The molecule has 1 amide bonds. The van der Waals surface area contributed by atoms with Crippen LogP contribution in [0.15, 0.2) is 0 Å². The van der Waals surface area contributed by atoms with Crippen LogP contribution in [0.1, 0.15) is 6.42 Å². The van der Waals surface area contributed by atoms with E-state index in [0.717, 1.165) is 6.42 Å². The lowest BCUT2D eigenvalue weighted by Gasteiger charge is -2.30. The fourth-order valence-corrected chi connectivity index (χ4v) is 1.55. The molecule has 1 heterocycles. The first kappa shape index (κ1) is 11.9. The van der Waals surface area contributed by atoms with Gasteiger partial charge in [-0.15, -0.1) is 0 Å². The van der Waals surface area contributed by atoms with E-state index < -0.39 is 12.0 Å². The van der Waals surface area contributed by atoms with Crippen molar-refractivity contribution < 1.29 is 19.4 Å². The topological polar surface area (TPSA) is 78.9 Å². The van der Waals surface area contributed by atoms with Gasteiger partial charge in [-0.2, -0.15) is 0 Å². The molecule has 0 bridgehead atoms. The largest absolute Gasteiger partial charge is 0.480 e. The van der Waals surface area contributed by atoms with Crippen LogP contribution in [0, 0.1) is 0 Å². The van der Waals surface area contributed by atoms with Gasteiger partial charge in [0.2, 0.25) is 5.91 Å². The van der Waals surface area contributed by atoms with Crippen LogP contribution in [0.2, 0.25) is 0 Å². The molecule has 0 aliphatic carbocycles. The van der Waals surface area contributed by atoms with Gasteiger partial charge in [0.05, 0.1) is 6.54 Å². The SMILES string of the molecule is COCCCN1CC(=O)NC(C(=O)O)C1. The number of rotatable bonds is 5. The van der Waals surface area contributed by atoms with E-state index in [-0.39, 0.29) is 12.5 Å². The minimum absolute atomic E-state index is 0.230. The Hall–Kier alpha value is -1.14. The van der Waals surface area contributed by atoms with Crippen LogP contribution in [0.3, 0.4) is 0 Å². The first-order chi connectivity index (χ1) is 7.13. The summed E-state index contributed by atoms with van der Waals surface area (Å²) >= 11 is 0. The molecule has 2 N–H and O–H groups in total. The van der Waals surface area contributed by atoms with E-state index in [1.165, 1.54) is 0 Å². The van der Waals surface area contributed by atoms with Crippen LogP contribution in [0.5, 0.6) is 0 Å². The summed E-state index contributed by atoms with van der Waals surface area (Å²) in [6, 6.07) is -0.784. The summed E-state index contributed by atoms with van der Waals surface area (Å²) in [7, 11) is 1.61. The van der Waals surface area contributed by atoms with Gasteiger partial charge in [-0.25, -0.2) is 4.79 Å². The van der Waals surface area contributed by atoms with E-state index in [1.807, 2.05) is 4.90 Å². The third kappa shape index (κ3) is 3.85. The minimum Gasteiger partial charge on any atom is -0.480 e. The molecule has 1 fully saturated rings. The van der Waals surface area contributed by atoms with Gasteiger partial charge in [0.15, 0.2) is 0 Å². The van der Waals surface area contributed by atoms with Crippen LogP contribution in [0.4, 0.5) is 0 Å². The predicted molar refractivity (Wildman–Crippen MR) is 52.5 cm³/mol.